The maximum atomic E-state index is 12.4. The molecule has 6 nitrogen and oxygen atoms in total. The van der Waals surface area contributed by atoms with Gasteiger partial charge in [0.1, 0.15) is 0 Å². The molecule has 0 saturated carbocycles. The fourth-order valence-corrected chi connectivity index (χ4v) is 2.67. The smallest absolute Gasteiger partial charge is 0.291 e. The summed E-state index contributed by atoms with van der Waals surface area (Å²) in [6.45, 7) is 7.77. The van der Waals surface area contributed by atoms with Crippen LogP contribution < -0.4 is 5.32 Å². The molecule has 1 atom stereocenters. The molecule has 0 aliphatic heterocycles. The van der Waals surface area contributed by atoms with Gasteiger partial charge in [-0.15, -0.1) is 5.10 Å². The van der Waals surface area contributed by atoms with E-state index in [0.29, 0.717) is 5.78 Å². The molecule has 1 aromatic carbocycles. The molecular formula is C17H19N5O. The van der Waals surface area contributed by atoms with Crippen molar-refractivity contribution in [2.45, 2.75) is 33.7 Å². The summed E-state index contributed by atoms with van der Waals surface area (Å²) >= 11 is 0. The molecule has 1 N–H and O–H groups in total. The Labute approximate surface area is 134 Å². The van der Waals surface area contributed by atoms with Gasteiger partial charge in [0.05, 0.1) is 6.04 Å². The zero-order chi connectivity index (χ0) is 16.6. The highest BCUT2D eigenvalue weighted by Crippen LogP contribution is 2.17. The van der Waals surface area contributed by atoms with Gasteiger partial charge in [0.25, 0.3) is 11.7 Å². The Balaban J connectivity index is 1.86. The summed E-state index contributed by atoms with van der Waals surface area (Å²) in [5.41, 5.74) is 3.96. The van der Waals surface area contributed by atoms with Crippen molar-refractivity contribution in [3.63, 3.8) is 0 Å². The van der Waals surface area contributed by atoms with Gasteiger partial charge in [-0.2, -0.15) is 4.98 Å². The summed E-state index contributed by atoms with van der Waals surface area (Å²) in [4.78, 5) is 21.0. The fraction of sp³-hybridized carbons (Fsp3) is 0.294. The summed E-state index contributed by atoms with van der Waals surface area (Å²) in [5, 5.41) is 7.20. The van der Waals surface area contributed by atoms with Crippen LogP contribution in [0.2, 0.25) is 0 Å². The van der Waals surface area contributed by atoms with E-state index < -0.39 is 0 Å². The second-order valence-electron chi connectivity index (χ2n) is 5.74. The van der Waals surface area contributed by atoms with Crippen molar-refractivity contribution in [1.29, 1.82) is 0 Å². The molecule has 2 aromatic heterocycles. The van der Waals surface area contributed by atoms with Crippen molar-refractivity contribution >= 4 is 11.7 Å². The second-order valence-corrected chi connectivity index (χ2v) is 5.74. The first-order valence-electron chi connectivity index (χ1n) is 7.53. The molecule has 23 heavy (non-hydrogen) atoms. The van der Waals surface area contributed by atoms with Gasteiger partial charge in [-0.05, 0) is 44.9 Å². The third-order valence-corrected chi connectivity index (χ3v) is 3.82. The first kappa shape index (κ1) is 15.1. The van der Waals surface area contributed by atoms with Crippen LogP contribution in [-0.4, -0.2) is 25.5 Å². The van der Waals surface area contributed by atoms with Crippen LogP contribution >= 0.6 is 0 Å². The largest absolute Gasteiger partial charge is 0.343 e. The summed E-state index contributed by atoms with van der Waals surface area (Å²) in [7, 11) is 0. The predicted molar refractivity (Wildman–Crippen MR) is 87.3 cm³/mol. The number of aryl methyl sites for hydroxylation is 3. The number of hydrogen-bond donors (Lipinski definition) is 1. The molecule has 0 bridgehead atoms. The molecule has 2 heterocycles. The second kappa shape index (κ2) is 5.79. The number of carbonyl (C=O) groups is 1. The molecule has 3 rings (SSSR count). The summed E-state index contributed by atoms with van der Waals surface area (Å²) in [5.74, 6) is 0.270. The van der Waals surface area contributed by atoms with E-state index in [2.05, 4.69) is 20.4 Å². The number of amides is 1. The zero-order valence-corrected chi connectivity index (χ0v) is 13.7. The molecular weight excluding hydrogens is 290 g/mol. The molecule has 0 fully saturated rings. The lowest BCUT2D eigenvalue weighted by atomic mass is 10.0. The van der Waals surface area contributed by atoms with Gasteiger partial charge in [-0.3, -0.25) is 4.79 Å². The predicted octanol–water partition coefficient (Wildman–Crippen LogP) is 2.54. The molecule has 0 aliphatic carbocycles. The highest BCUT2D eigenvalue weighted by molar-refractivity contribution is 5.91. The van der Waals surface area contributed by atoms with Crippen LogP contribution in [0.3, 0.4) is 0 Å². The van der Waals surface area contributed by atoms with E-state index in [1.165, 1.54) is 0 Å². The van der Waals surface area contributed by atoms with Crippen LogP contribution in [0.5, 0.6) is 0 Å². The van der Waals surface area contributed by atoms with Gasteiger partial charge in [-0.1, -0.05) is 24.3 Å². The molecule has 0 radical (unpaired) electrons. The Morgan fingerprint density at radius 1 is 1.17 bits per heavy atom. The average molecular weight is 309 g/mol. The lowest BCUT2D eigenvalue weighted by Gasteiger charge is -2.15. The Hall–Kier alpha value is -2.76. The molecule has 3 aromatic rings. The summed E-state index contributed by atoms with van der Waals surface area (Å²) in [6, 6.07) is 9.76. The molecule has 0 saturated heterocycles. The average Bonchev–Trinajstić information content (AvgIpc) is 2.92. The Morgan fingerprint density at radius 2 is 1.91 bits per heavy atom. The van der Waals surface area contributed by atoms with E-state index in [9.17, 15) is 4.79 Å². The highest BCUT2D eigenvalue weighted by atomic mass is 16.2. The van der Waals surface area contributed by atoms with Crippen molar-refractivity contribution in [3.8, 4) is 0 Å². The van der Waals surface area contributed by atoms with Crippen molar-refractivity contribution in [2.75, 3.05) is 0 Å². The Bertz CT molecular complexity index is 884. The van der Waals surface area contributed by atoms with Crippen molar-refractivity contribution in [2.24, 2.45) is 0 Å². The standard InChI is InChI=1S/C17H19N5O/c1-10-7-5-6-8-14(10)13(4)19-16(23)15-20-17-18-11(2)9-12(3)22(17)21-15/h5-9,13H,1-4H3,(H,19,23). The van der Waals surface area contributed by atoms with Crippen LogP contribution in [-0.2, 0) is 0 Å². The van der Waals surface area contributed by atoms with Crippen molar-refractivity contribution in [1.82, 2.24) is 24.9 Å². The van der Waals surface area contributed by atoms with Gasteiger partial charge >= 0.3 is 0 Å². The number of rotatable bonds is 3. The lowest BCUT2D eigenvalue weighted by Crippen LogP contribution is -2.28. The molecule has 118 valence electrons. The topological polar surface area (TPSA) is 72.2 Å². The van der Waals surface area contributed by atoms with Gasteiger partial charge in [0.15, 0.2) is 0 Å². The normalized spacial score (nSPS) is 12.3. The third-order valence-electron chi connectivity index (χ3n) is 3.82. The minimum absolute atomic E-state index is 0.119. The first-order valence-corrected chi connectivity index (χ1v) is 7.53. The highest BCUT2D eigenvalue weighted by Gasteiger charge is 2.18. The Kier molecular flexibility index (Phi) is 3.82. The van der Waals surface area contributed by atoms with Crippen molar-refractivity contribution in [3.05, 3.63) is 58.7 Å². The van der Waals surface area contributed by atoms with Gasteiger partial charge in [-0.25, -0.2) is 9.50 Å². The van der Waals surface area contributed by atoms with Gasteiger partial charge < -0.3 is 5.32 Å². The van der Waals surface area contributed by atoms with Gasteiger partial charge in [0.2, 0.25) is 5.82 Å². The van der Waals surface area contributed by atoms with E-state index in [1.807, 2.05) is 58.0 Å². The number of nitrogens with zero attached hydrogens (tertiary/aromatic N) is 4. The molecule has 1 unspecified atom stereocenters. The minimum Gasteiger partial charge on any atom is -0.343 e. The molecule has 6 heteroatoms. The quantitative estimate of drug-likeness (QED) is 0.807. The number of hydrogen-bond acceptors (Lipinski definition) is 4. The van der Waals surface area contributed by atoms with Crippen LogP contribution in [0.25, 0.3) is 5.78 Å². The zero-order valence-electron chi connectivity index (χ0n) is 13.7. The Morgan fingerprint density at radius 3 is 2.65 bits per heavy atom. The van der Waals surface area contributed by atoms with Crippen LogP contribution in [0.15, 0.2) is 30.3 Å². The third kappa shape index (κ3) is 2.92. The molecule has 0 aliphatic rings. The first-order chi connectivity index (χ1) is 11.0. The summed E-state index contributed by atoms with van der Waals surface area (Å²) < 4.78 is 1.58. The van der Waals surface area contributed by atoms with E-state index in [4.69, 9.17) is 0 Å². The van der Waals surface area contributed by atoms with E-state index in [0.717, 1.165) is 22.5 Å². The minimum atomic E-state index is -0.302. The van der Waals surface area contributed by atoms with E-state index in [-0.39, 0.29) is 17.8 Å². The van der Waals surface area contributed by atoms with Crippen LogP contribution in [0.4, 0.5) is 0 Å². The maximum Gasteiger partial charge on any atom is 0.291 e. The maximum absolute atomic E-state index is 12.4. The van der Waals surface area contributed by atoms with Gasteiger partial charge in [0, 0.05) is 11.4 Å². The number of carbonyl (C=O) groups excluding carboxylic acids is 1. The number of aromatic nitrogens is 4. The van der Waals surface area contributed by atoms with E-state index >= 15 is 0 Å². The van der Waals surface area contributed by atoms with Crippen LogP contribution in [0.1, 0.15) is 46.1 Å². The SMILES string of the molecule is Cc1cc(C)n2nc(C(=O)NC(C)c3ccccc3C)nc2n1. The lowest BCUT2D eigenvalue weighted by molar-refractivity contribution is 0.0929. The van der Waals surface area contributed by atoms with E-state index in [1.54, 1.807) is 4.52 Å². The molecule has 0 spiro atoms. The number of nitrogens with one attached hydrogen (secondary N) is 1. The number of benzene rings is 1. The fourth-order valence-electron chi connectivity index (χ4n) is 2.67. The monoisotopic (exact) mass is 309 g/mol. The van der Waals surface area contributed by atoms with Crippen LogP contribution in [0, 0.1) is 20.8 Å². The summed E-state index contributed by atoms with van der Waals surface area (Å²) in [6.07, 6.45) is 0. The number of fused-ring (bicyclic) bond motifs is 1. The van der Waals surface area contributed by atoms with Crippen molar-refractivity contribution < 1.29 is 4.79 Å². The molecule has 1 amide bonds.